The van der Waals surface area contributed by atoms with Gasteiger partial charge in [0.05, 0.1) is 0 Å². The minimum absolute atomic E-state index is 0.133. The van der Waals surface area contributed by atoms with Gasteiger partial charge in [-0.25, -0.2) is 0 Å². The Balaban J connectivity index is 1.89. The molecule has 2 nitrogen and oxygen atoms in total. The van der Waals surface area contributed by atoms with Crippen molar-refractivity contribution in [2.24, 2.45) is 5.73 Å². The van der Waals surface area contributed by atoms with Crippen molar-refractivity contribution < 1.29 is 0 Å². The van der Waals surface area contributed by atoms with Crippen molar-refractivity contribution >= 4 is 10.8 Å². The number of fused-ring (bicyclic) bond motifs is 1. The molecular formula is C18H26N2. The van der Waals surface area contributed by atoms with E-state index < -0.39 is 0 Å². The third-order valence-corrected chi connectivity index (χ3v) is 3.99. The Morgan fingerprint density at radius 2 is 1.85 bits per heavy atom. The normalized spacial score (nSPS) is 12.7. The summed E-state index contributed by atoms with van der Waals surface area (Å²) in [5.74, 6) is 0. The summed E-state index contributed by atoms with van der Waals surface area (Å²) in [4.78, 5) is 4.23. The predicted octanol–water partition coefficient (Wildman–Crippen LogP) is 4.99. The minimum Gasteiger partial charge on any atom is -0.324 e. The van der Waals surface area contributed by atoms with E-state index in [2.05, 4.69) is 36.2 Å². The number of rotatable bonds is 8. The van der Waals surface area contributed by atoms with Gasteiger partial charge in [-0.05, 0) is 23.4 Å². The van der Waals surface area contributed by atoms with Crippen LogP contribution in [0.5, 0.6) is 0 Å². The summed E-state index contributed by atoms with van der Waals surface area (Å²) in [6.07, 6.45) is 12.8. The summed E-state index contributed by atoms with van der Waals surface area (Å²) in [6.45, 7) is 2.25. The molecule has 2 rings (SSSR count). The lowest BCUT2D eigenvalue weighted by atomic mass is 9.96. The van der Waals surface area contributed by atoms with Crippen molar-refractivity contribution in [1.29, 1.82) is 0 Å². The average molecular weight is 270 g/mol. The van der Waals surface area contributed by atoms with E-state index in [4.69, 9.17) is 5.73 Å². The maximum Gasteiger partial charge on any atom is 0.0349 e. The van der Waals surface area contributed by atoms with Crippen molar-refractivity contribution in [2.45, 2.75) is 57.9 Å². The van der Waals surface area contributed by atoms with Crippen molar-refractivity contribution in [3.05, 3.63) is 42.2 Å². The van der Waals surface area contributed by atoms with Crippen LogP contribution in [0.3, 0.4) is 0 Å². The average Bonchev–Trinajstić information content (AvgIpc) is 2.50. The Morgan fingerprint density at radius 3 is 2.70 bits per heavy atom. The second-order valence-corrected chi connectivity index (χ2v) is 5.61. The molecule has 0 spiro atoms. The van der Waals surface area contributed by atoms with Gasteiger partial charge in [0.2, 0.25) is 0 Å². The number of nitrogens with zero attached hydrogens (tertiary/aromatic N) is 1. The smallest absolute Gasteiger partial charge is 0.0349 e. The third kappa shape index (κ3) is 4.04. The molecule has 2 aromatic rings. The lowest BCUT2D eigenvalue weighted by Crippen LogP contribution is -2.10. The Kier molecular flexibility index (Phi) is 6.00. The second-order valence-electron chi connectivity index (χ2n) is 5.61. The molecule has 0 aliphatic rings. The van der Waals surface area contributed by atoms with Crippen molar-refractivity contribution in [3.63, 3.8) is 0 Å². The fourth-order valence-corrected chi connectivity index (χ4v) is 2.76. The van der Waals surface area contributed by atoms with Gasteiger partial charge in [0.1, 0.15) is 0 Å². The number of aromatic nitrogens is 1. The van der Waals surface area contributed by atoms with Crippen LogP contribution in [-0.2, 0) is 0 Å². The zero-order chi connectivity index (χ0) is 14.2. The fourth-order valence-electron chi connectivity index (χ4n) is 2.76. The van der Waals surface area contributed by atoms with E-state index in [0.29, 0.717) is 0 Å². The molecule has 0 bridgehead atoms. The zero-order valence-electron chi connectivity index (χ0n) is 12.5. The highest BCUT2D eigenvalue weighted by Crippen LogP contribution is 2.25. The van der Waals surface area contributed by atoms with Crippen LogP contribution in [0.4, 0.5) is 0 Å². The van der Waals surface area contributed by atoms with Gasteiger partial charge in [-0.3, -0.25) is 4.98 Å². The lowest BCUT2D eigenvalue weighted by Gasteiger charge is -2.14. The maximum atomic E-state index is 6.37. The SMILES string of the molecule is CCCCCCCCC(N)c1cccc2ccncc12. The van der Waals surface area contributed by atoms with Gasteiger partial charge in [-0.15, -0.1) is 0 Å². The van der Waals surface area contributed by atoms with E-state index in [1.807, 2.05) is 12.4 Å². The standard InChI is InChI=1S/C18H26N2/c1-2-3-4-5-6-7-11-18(19)16-10-8-9-15-12-13-20-14-17(15)16/h8-10,12-14,18H,2-7,11,19H2,1H3. The molecule has 0 aliphatic carbocycles. The quantitative estimate of drug-likeness (QED) is 0.687. The molecule has 0 fully saturated rings. The van der Waals surface area contributed by atoms with Gasteiger partial charge in [0.25, 0.3) is 0 Å². The third-order valence-electron chi connectivity index (χ3n) is 3.99. The van der Waals surface area contributed by atoms with Gasteiger partial charge in [0, 0.05) is 23.8 Å². The molecule has 20 heavy (non-hydrogen) atoms. The molecule has 1 aromatic heterocycles. The van der Waals surface area contributed by atoms with Crippen LogP contribution < -0.4 is 5.73 Å². The van der Waals surface area contributed by atoms with Crippen molar-refractivity contribution in [3.8, 4) is 0 Å². The second kappa shape index (κ2) is 8.01. The van der Waals surface area contributed by atoms with Gasteiger partial charge in [-0.2, -0.15) is 0 Å². The highest BCUT2D eigenvalue weighted by Gasteiger charge is 2.09. The molecule has 1 atom stereocenters. The van der Waals surface area contributed by atoms with Crippen LogP contribution in [0.2, 0.25) is 0 Å². The van der Waals surface area contributed by atoms with Gasteiger partial charge >= 0.3 is 0 Å². The first-order chi connectivity index (χ1) is 9.83. The topological polar surface area (TPSA) is 38.9 Å². The summed E-state index contributed by atoms with van der Waals surface area (Å²) < 4.78 is 0. The maximum absolute atomic E-state index is 6.37. The largest absolute Gasteiger partial charge is 0.324 e. The first-order valence-corrected chi connectivity index (χ1v) is 7.91. The number of benzene rings is 1. The van der Waals surface area contributed by atoms with Crippen LogP contribution in [0.15, 0.2) is 36.7 Å². The Labute approximate surface area is 122 Å². The first kappa shape index (κ1) is 15.0. The molecule has 0 aliphatic heterocycles. The molecule has 0 saturated carbocycles. The molecule has 1 heterocycles. The summed E-state index contributed by atoms with van der Waals surface area (Å²) in [7, 11) is 0. The number of pyridine rings is 1. The summed E-state index contributed by atoms with van der Waals surface area (Å²) in [5, 5.41) is 2.43. The monoisotopic (exact) mass is 270 g/mol. The molecule has 2 heteroatoms. The van der Waals surface area contributed by atoms with Gasteiger partial charge in [0.15, 0.2) is 0 Å². The molecule has 1 aromatic carbocycles. The first-order valence-electron chi connectivity index (χ1n) is 7.91. The number of nitrogens with two attached hydrogens (primary N) is 1. The van der Waals surface area contributed by atoms with E-state index in [1.54, 1.807) is 0 Å². The Bertz CT molecular complexity index is 516. The van der Waals surface area contributed by atoms with Gasteiger partial charge in [-0.1, -0.05) is 63.6 Å². The highest BCUT2D eigenvalue weighted by molar-refractivity contribution is 5.85. The van der Waals surface area contributed by atoms with E-state index in [0.717, 1.165) is 6.42 Å². The summed E-state index contributed by atoms with van der Waals surface area (Å²) >= 11 is 0. The van der Waals surface area contributed by atoms with Crippen LogP contribution in [0, 0.1) is 0 Å². The molecule has 0 radical (unpaired) electrons. The molecule has 108 valence electrons. The van der Waals surface area contributed by atoms with Crippen LogP contribution in [0.25, 0.3) is 10.8 Å². The van der Waals surface area contributed by atoms with Crippen LogP contribution in [-0.4, -0.2) is 4.98 Å². The molecule has 0 saturated heterocycles. The fraction of sp³-hybridized carbons (Fsp3) is 0.500. The molecule has 2 N–H and O–H groups in total. The minimum atomic E-state index is 0.133. The number of hydrogen-bond acceptors (Lipinski definition) is 2. The zero-order valence-corrected chi connectivity index (χ0v) is 12.5. The molecular weight excluding hydrogens is 244 g/mol. The van der Waals surface area contributed by atoms with E-state index in [9.17, 15) is 0 Å². The predicted molar refractivity (Wildman–Crippen MR) is 86.7 cm³/mol. The lowest BCUT2D eigenvalue weighted by molar-refractivity contribution is 0.549. The summed E-state index contributed by atoms with van der Waals surface area (Å²) in [6, 6.07) is 8.55. The van der Waals surface area contributed by atoms with E-state index >= 15 is 0 Å². The van der Waals surface area contributed by atoms with E-state index in [1.165, 1.54) is 54.9 Å². The Hall–Kier alpha value is -1.41. The van der Waals surface area contributed by atoms with E-state index in [-0.39, 0.29) is 6.04 Å². The number of unbranched alkanes of at least 4 members (excludes halogenated alkanes) is 5. The molecule has 1 unspecified atom stereocenters. The van der Waals surface area contributed by atoms with Gasteiger partial charge < -0.3 is 5.73 Å². The van der Waals surface area contributed by atoms with Crippen LogP contribution in [0.1, 0.15) is 63.5 Å². The summed E-state index contributed by atoms with van der Waals surface area (Å²) in [5.41, 5.74) is 7.61. The van der Waals surface area contributed by atoms with Crippen molar-refractivity contribution in [1.82, 2.24) is 4.98 Å². The van der Waals surface area contributed by atoms with Crippen LogP contribution >= 0.6 is 0 Å². The molecule has 0 amide bonds. The highest BCUT2D eigenvalue weighted by atomic mass is 14.6. The Morgan fingerprint density at radius 1 is 1.05 bits per heavy atom. The van der Waals surface area contributed by atoms with Crippen molar-refractivity contribution in [2.75, 3.05) is 0 Å². The number of hydrogen-bond donors (Lipinski definition) is 1.